The Bertz CT molecular complexity index is 655. The van der Waals surface area contributed by atoms with Gasteiger partial charge in [0.05, 0.1) is 0 Å². The molecule has 2 aromatic rings. The number of benzene rings is 1. The standard InChI is InChI=1S/C15H21N3O2S/c1-18-8-3-2-4-12(18)7-9-21(19)15-17-13-10-11(16)5-6-14(13)20-15/h5-6,10,12H,2-4,7-9,16H2,1H3. The fraction of sp³-hybridized carbons (Fsp3) is 0.533. The smallest absolute Gasteiger partial charge is 0.287 e. The van der Waals surface area contributed by atoms with Crippen molar-refractivity contribution in [3.8, 4) is 0 Å². The predicted molar refractivity (Wildman–Crippen MR) is 84.6 cm³/mol. The van der Waals surface area contributed by atoms with Gasteiger partial charge in [-0.25, -0.2) is 9.19 Å². The molecule has 2 heterocycles. The molecule has 21 heavy (non-hydrogen) atoms. The Morgan fingerprint density at radius 1 is 1.48 bits per heavy atom. The summed E-state index contributed by atoms with van der Waals surface area (Å²) in [4.78, 5) is 6.66. The van der Waals surface area contributed by atoms with E-state index in [1.807, 2.05) is 0 Å². The summed E-state index contributed by atoms with van der Waals surface area (Å²) in [7, 11) is 0.963. The van der Waals surface area contributed by atoms with Gasteiger partial charge in [0.1, 0.15) is 16.3 Å². The summed E-state index contributed by atoms with van der Waals surface area (Å²) < 4.78 is 17.9. The van der Waals surface area contributed by atoms with Crippen molar-refractivity contribution in [2.75, 3.05) is 25.1 Å². The Morgan fingerprint density at radius 3 is 3.14 bits per heavy atom. The summed E-state index contributed by atoms with van der Waals surface area (Å²) in [5, 5.41) is 0.314. The van der Waals surface area contributed by atoms with E-state index in [0.717, 1.165) is 13.0 Å². The SMILES string of the molecule is CN1CCCCC1CCS(=O)c1nc2cc(N)ccc2o1. The number of nitrogens with zero attached hydrogens (tertiary/aromatic N) is 2. The number of oxazole rings is 1. The van der Waals surface area contributed by atoms with Gasteiger partial charge >= 0.3 is 0 Å². The van der Waals surface area contributed by atoms with E-state index in [4.69, 9.17) is 10.2 Å². The van der Waals surface area contributed by atoms with Gasteiger partial charge in [0.15, 0.2) is 5.58 Å². The highest BCUT2D eigenvalue weighted by molar-refractivity contribution is 7.84. The lowest BCUT2D eigenvalue weighted by molar-refractivity contribution is 0.182. The van der Waals surface area contributed by atoms with E-state index >= 15 is 0 Å². The van der Waals surface area contributed by atoms with Crippen LogP contribution in [-0.2, 0) is 10.8 Å². The van der Waals surface area contributed by atoms with Crippen molar-refractivity contribution in [1.29, 1.82) is 0 Å². The second kappa shape index (κ2) is 6.15. The first-order valence-corrected chi connectivity index (χ1v) is 8.70. The van der Waals surface area contributed by atoms with Gasteiger partial charge in [-0.15, -0.1) is 0 Å². The Balaban J connectivity index is 1.66. The molecule has 1 fully saturated rings. The first-order valence-electron chi connectivity index (χ1n) is 7.38. The second-order valence-electron chi connectivity index (χ2n) is 5.68. The molecule has 2 atom stereocenters. The van der Waals surface area contributed by atoms with Crippen LogP contribution in [0.3, 0.4) is 0 Å². The maximum Gasteiger partial charge on any atom is 0.287 e. The van der Waals surface area contributed by atoms with E-state index in [1.165, 1.54) is 19.3 Å². The molecule has 6 heteroatoms. The topological polar surface area (TPSA) is 72.4 Å². The average molecular weight is 307 g/mol. The van der Waals surface area contributed by atoms with Crippen molar-refractivity contribution < 1.29 is 8.63 Å². The van der Waals surface area contributed by atoms with Gasteiger partial charge in [-0.2, -0.15) is 0 Å². The number of piperidine rings is 1. The lowest BCUT2D eigenvalue weighted by Gasteiger charge is -2.32. The van der Waals surface area contributed by atoms with Crippen LogP contribution in [0.1, 0.15) is 25.7 Å². The molecule has 5 nitrogen and oxygen atoms in total. The Labute approximate surface area is 127 Å². The van der Waals surface area contributed by atoms with Crippen LogP contribution >= 0.6 is 0 Å². The molecule has 2 N–H and O–H groups in total. The van der Waals surface area contributed by atoms with Gasteiger partial charge in [-0.05, 0) is 51.1 Å². The van der Waals surface area contributed by atoms with Crippen LogP contribution in [0, 0.1) is 0 Å². The highest BCUT2D eigenvalue weighted by atomic mass is 32.2. The number of likely N-dealkylation sites (tertiary alicyclic amines) is 1. The first kappa shape index (κ1) is 14.5. The summed E-state index contributed by atoms with van der Waals surface area (Å²) in [5.41, 5.74) is 7.67. The van der Waals surface area contributed by atoms with Crippen LogP contribution in [0.25, 0.3) is 11.1 Å². The van der Waals surface area contributed by atoms with Gasteiger partial charge < -0.3 is 15.1 Å². The molecule has 0 amide bonds. The number of hydrogen-bond donors (Lipinski definition) is 1. The van der Waals surface area contributed by atoms with Gasteiger partial charge in [-0.1, -0.05) is 6.42 Å². The van der Waals surface area contributed by atoms with E-state index in [0.29, 0.717) is 33.8 Å². The zero-order valence-corrected chi connectivity index (χ0v) is 13.1. The minimum Gasteiger partial charge on any atom is -0.430 e. The fourth-order valence-corrected chi connectivity index (χ4v) is 3.90. The number of aromatic nitrogens is 1. The third-order valence-corrected chi connectivity index (χ3v) is 5.32. The number of rotatable bonds is 4. The highest BCUT2D eigenvalue weighted by Crippen LogP contribution is 2.22. The molecule has 0 bridgehead atoms. The molecule has 0 spiro atoms. The van der Waals surface area contributed by atoms with Crippen molar-refractivity contribution >= 4 is 27.6 Å². The maximum atomic E-state index is 12.4. The summed E-state index contributed by atoms with van der Waals surface area (Å²) in [6.07, 6.45) is 4.65. The van der Waals surface area contributed by atoms with E-state index in [1.54, 1.807) is 18.2 Å². The number of nitrogens with two attached hydrogens (primary N) is 1. The minimum atomic E-state index is -1.18. The Hall–Kier alpha value is -1.40. The molecule has 1 aliphatic heterocycles. The highest BCUT2D eigenvalue weighted by Gasteiger charge is 2.21. The molecular formula is C15H21N3O2S. The van der Waals surface area contributed by atoms with Crippen LogP contribution in [0.4, 0.5) is 5.69 Å². The van der Waals surface area contributed by atoms with E-state index in [-0.39, 0.29) is 0 Å². The zero-order chi connectivity index (χ0) is 14.8. The normalized spacial score (nSPS) is 21.7. The first-order chi connectivity index (χ1) is 10.1. The van der Waals surface area contributed by atoms with Crippen LogP contribution in [-0.4, -0.2) is 39.5 Å². The van der Waals surface area contributed by atoms with Crippen molar-refractivity contribution in [1.82, 2.24) is 9.88 Å². The Kier molecular flexibility index (Phi) is 4.26. The quantitative estimate of drug-likeness (QED) is 0.878. The minimum absolute atomic E-state index is 0.314. The van der Waals surface area contributed by atoms with Crippen molar-refractivity contribution in [2.45, 2.75) is 36.9 Å². The summed E-state index contributed by atoms with van der Waals surface area (Å²) in [5.74, 6) is 0.595. The van der Waals surface area contributed by atoms with Gasteiger partial charge in [0.25, 0.3) is 5.22 Å². The zero-order valence-electron chi connectivity index (χ0n) is 12.2. The predicted octanol–water partition coefficient (Wildman–Crippen LogP) is 2.39. The molecule has 1 aliphatic rings. The summed E-state index contributed by atoms with van der Waals surface area (Å²) in [6, 6.07) is 5.81. The Morgan fingerprint density at radius 2 is 2.33 bits per heavy atom. The maximum absolute atomic E-state index is 12.4. The third-order valence-electron chi connectivity index (χ3n) is 4.14. The van der Waals surface area contributed by atoms with Crippen LogP contribution in [0.5, 0.6) is 0 Å². The van der Waals surface area contributed by atoms with Crippen LogP contribution in [0.2, 0.25) is 0 Å². The summed E-state index contributed by atoms with van der Waals surface area (Å²) in [6.45, 7) is 1.14. The van der Waals surface area contributed by atoms with E-state index in [2.05, 4.69) is 16.9 Å². The van der Waals surface area contributed by atoms with Crippen molar-refractivity contribution in [2.24, 2.45) is 0 Å². The molecule has 0 saturated carbocycles. The molecule has 3 rings (SSSR count). The molecule has 1 saturated heterocycles. The molecule has 114 valence electrons. The van der Waals surface area contributed by atoms with Crippen LogP contribution < -0.4 is 5.73 Å². The van der Waals surface area contributed by atoms with Crippen molar-refractivity contribution in [3.63, 3.8) is 0 Å². The number of hydrogen-bond acceptors (Lipinski definition) is 5. The van der Waals surface area contributed by atoms with Gasteiger partial charge in [0, 0.05) is 17.5 Å². The molecule has 1 aromatic carbocycles. The molecular weight excluding hydrogens is 286 g/mol. The number of nitrogen functional groups attached to an aromatic ring is 1. The summed E-state index contributed by atoms with van der Waals surface area (Å²) >= 11 is 0. The average Bonchev–Trinajstić information content (AvgIpc) is 2.89. The van der Waals surface area contributed by atoms with E-state index < -0.39 is 10.8 Å². The lowest BCUT2D eigenvalue weighted by atomic mass is 10.0. The third kappa shape index (κ3) is 3.27. The molecule has 0 radical (unpaired) electrons. The van der Waals surface area contributed by atoms with Crippen molar-refractivity contribution in [3.05, 3.63) is 18.2 Å². The fourth-order valence-electron chi connectivity index (χ4n) is 2.86. The lowest BCUT2D eigenvalue weighted by Crippen LogP contribution is -2.37. The molecule has 0 aliphatic carbocycles. The van der Waals surface area contributed by atoms with E-state index in [9.17, 15) is 4.21 Å². The monoisotopic (exact) mass is 307 g/mol. The second-order valence-corrected chi connectivity index (χ2v) is 7.12. The molecule has 1 aromatic heterocycles. The number of fused-ring (bicyclic) bond motifs is 1. The largest absolute Gasteiger partial charge is 0.430 e. The number of anilines is 1. The molecule has 2 unspecified atom stereocenters. The van der Waals surface area contributed by atoms with Gasteiger partial charge in [0.2, 0.25) is 0 Å². The van der Waals surface area contributed by atoms with Gasteiger partial charge in [-0.3, -0.25) is 0 Å². The van der Waals surface area contributed by atoms with Crippen LogP contribution in [0.15, 0.2) is 27.8 Å².